The van der Waals surface area contributed by atoms with E-state index >= 15 is 0 Å². The first-order valence-corrected chi connectivity index (χ1v) is 5.07. The highest BCUT2D eigenvalue weighted by molar-refractivity contribution is 9.10. The molecule has 1 aromatic heterocycles. The number of rotatable bonds is 4. The van der Waals surface area contributed by atoms with Gasteiger partial charge in [0.1, 0.15) is 0 Å². The number of anilines is 1. The van der Waals surface area contributed by atoms with Gasteiger partial charge in [-0.2, -0.15) is 0 Å². The molecule has 14 heavy (non-hydrogen) atoms. The lowest BCUT2D eigenvalue weighted by Gasteiger charge is -2.06. The number of aromatic nitrogens is 1. The molecular formula is C10H13BrN2O. The first-order valence-electron chi connectivity index (χ1n) is 4.28. The van der Waals surface area contributed by atoms with E-state index in [0.717, 1.165) is 16.5 Å². The fourth-order valence-electron chi connectivity index (χ4n) is 0.868. The van der Waals surface area contributed by atoms with Gasteiger partial charge in [0.2, 0.25) is 5.88 Å². The number of nitrogens with zero attached hydrogens (tertiary/aromatic N) is 1. The maximum Gasteiger partial charge on any atom is 0.228 e. The van der Waals surface area contributed by atoms with Crippen LogP contribution in [0, 0.1) is 0 Å². The summed E-state index contributed by atoms with van der Waals surface area (Å²) in [6.07, 6.45) is 2.40. The minimum absolute atomic E-state index is 0.570. The van der Waals surface area contributed by atoms with Gasteiger partial charge in [-0.1, -0.05) is 5.57 Å². The molecule has 0 amide bonds. The Hall–Kier alpha value is -1.03. The van der Waals surface area contributed by atoms with Crippen molar-refractivity contribution in [1.82, 2.24) is 4.98 Å². The topological polar surface area (TPSA) is 48.1 Å². The van der Waals surface area contributed by atoms with E-state index < -0.39 is 0 Å². The summed E-state index contributed by atoms with van der Waals surface area (Å²) < 4.78 is 6.21. The molecule has 0 radical (unpaired) electrons. The van der Waals surface area contributed by atoms with Crippen molar-refractivity contribution >= 4 is 21.6 Å². The van der Waals surface area contributed by atoms with Gasteiger partial charge in [-0.05, 0) is 28.9 Å². The number of pyridine rings is 1. The molecule has 0 fully saturated rings. The fraction of sp³-hybridized carbons (Fsp3) is 0.300. The van der Waals surface area contributed by atoms with Crippen molar-refractivity contribution in [2.75, 3.05) is 12.3 Å². The highest BCUT2D eigenvalue weighted by Gasteiger charge is 2.02. The van der Waals surface area contributed by atoms with E-state index in [1.165, 1.54) is 0 Å². The van der Waals surface area contributed by atoms with E-state index in [1.807, 2.05) is 6.92 Å². The van der Waals surface area contributed by atoms with Crippen molar-refractivity contribution in [3.8, 4) is 5.88 Å². The molecule has 0 unspecified atom stereocenters. The molecule has 3 nitrogen and oxygen atoms in total. The van der Waals surface area contributed by atoms with Gasteiger partial charge in [0.15, 0.2) is 0 Å². The van der Waals surface area contributed by atoms with Crippen LogP contribution in [-0.4, -0.2) is 11.6 Å². The van der Waals surface area contributed by atoms with E-state index in [-0.39, 0.29) is 0 Å². The van der Waals surface area contributed by atoms with Crippen molar-refractivity contribution in [2.45, 2.75) is 13.3 Å². The summed E-state index contributed by atoms with van der Waals surface area (Å²) in [4.78, 5) is 4.05. The zero-order valence-electron chi connectivity index (χ0n) is 8.09. The lowest BCUT2D eigenvalue weighted by atomic mass is 10.3. The highest BCUT2D eigenvalue weighted by atomic mass is 79.9. The Bertz CT molecular complexity index is 339. The van der Waals surface area contributed by atoms with E-state index in [2.05, 4.69) is 27.5 Å². The first kappa shape index (κ1) is 11.0. The number of hydrogen-bond acceptors (Lipinski definition) is 3. The lowest BCUT2D eigenvalue weighted by Crippen LogP contribution is -2.00. The van der Waals surface area contributed by atoms with Gasteiger partial charge < -0.3 is 10.5 Å². The summed E-state index contributed by atoms with van der Waals surface area (Å²) in [6, 6.07) is 1.77. The molecule has 0 saturated heterocycles. The Morgan fingerprint density at radius 1 is 1.71 bits per heavy atom. The van der Waals surface area contributed by atoms with E-state index in [1.54, 1.807) is 12.3 Å². The lowest BCUT2D eigenvalue weighted by molar-refractivity contribution is 0.307. The SMILES string of the molecule is C=C(C)CCOc1ncc(N)cc1Br. The molecule has 0 bridgehead atoms. The molecule has 0 saturated carbocycles. The fourth-order valence-corrected chi connectivity index (χ4v) is 1.35. The van der Waals surface area contributed by atoms with Crippen LogP contribution in [0.4, 0.5) is 5.69 Å². The molecule has 0 spiro atoms. The molecular weight excluding hydrogens is 244 g/mol. The second-order valence-electron chi connectivity index (χ2n) is 3.11. The maximum absolute atomic E-state index is 5.54. The molecule has 0 aliphatic carbocycles. The van der Waals surface area contributed by atoms with Crippen LogP contribution in [0.1, 0.15) is 13.3 Å². The zero-order valence-corrected chi connectivity index (χ0v) is 9.67. The Morgan fingerprint density at radius 2 is 2.43 bits per heavy atom. The molecule has 1 heterocycles. The normalized spacial score (nSPS) is 9.86. The summed E-state index contributed by atoms with van der Waals surface area (Å²) in [5, 5.41) is 0. The van der Waals surface area contributed by atoms with Crippen LogP contribution in [-0.2, 0) is 0 Å². The number of nitrogen functional groups attached to an aromatic ring is 1. The van der Waals surface area contributed by atoms with Gasteiger partial charge >= 0.3 is 0 Å². The third kappa shape index (κ3) is 3.38. The van der Waals surface area contributed by atoms with Gasteiger partial charge in [-0.15, -0.1) is 6.58 Å². The molecule has 4 heteroatoms. The highest BCUT2D eigenvalue weighted by Crippen LogP contribution is 2.23. The molecule has 0 atom stereocenters. The first-order chi connectivity index (χ1) is 6.59. The largest absolute Gasteiger partial charge is 0.477 e. The van der Waals surface area contributed by atoms with Gasteiger partial charge in [-0.3, -0.25) is 0 Å². The summed E-state index contributed by atoms with van der Waals surface area (Å²) in [5.41, 5.74) is 7.25. The van der Waals surface area contributed by atoms with E-state index in [0.29, 0.717) is 18.2 Å². The van der Waals surface area contributed by atoms with Gasteiger partial charge in [0.25, 0.3) is 0 Å². The van der Waals surface area contributed by atoms with E-state index in [4.69, 9.17) is 10.5 Å². The van der Waals surface area contributed by atoms with E-state index in [9.17, 15) is 0 Å². The maximum atomic E-state index is 5.54. The Balaban J connectivity index is 2.55. The Labute approximate surface area is 92.1 Å². The summed E-state index contributed by atoms with van der Waals surface area (Å²) >= 11 is 3.32. The Morgan fingerprint density at radius 3 is 3.00 bits per heavy atom. The van der Waals surface area contributed by atoms with Crippen LogP contribution < -0.4 is 10.5 Å². The van der Waals surface area contributed by atoms with Crippen molar-refractivity contribution < 1.29 is 4.74 Å². The van der Waals surface area contributed by atoms with Crippen molar-refractivity contribution in [1.29, 1.82) is 0 Å². The predicted molar refractivity (Wildman–Crippen MR) is 61.3 cm³/mol. The van der Waals surface area contributed by atoms with Gasteiger partial charge in [0.05, 0.1) is 23.0 Å². The molecule has 1 aromatic rings. The smallest absolute Gasteiger partial charge is 0.228 e. The molecule has 76 valence electrons. The average Bonchev–Trinajstić information content (AvgIpc) is 2.08. The Kier molecular flexibility index (Phi) is 3.95. The van der Waals surface area contributed by atoms with Crippen LogP contribution in [0.15, 0.2) is 28.9 Å². The summed E-state index contributed by atoms with van der Waals surface area (Å²) in [6.45, 7) is 6.35. The quantitative estimate of drug-likeness (QED) is 0.843. The second-order valence-corrected chi connectivity index (χ2v) is 3.97. The van der Waals surface area contributed by atoms with Crippen LogP contribution in [0.2, 0.25) is 0 Å². The van der Waals surface area contributed by atoms with Crippen molar-refractivity contribution in [3.63, 3.8) is 0 Å². The minimum atomic E-state index is 0.570. The standard InChI is InChI=1S/C10H13BrN2O/c1-7(2)3-4-14-10-9(11)5-8(12)6-13-10/h5-6H,1,3-4,12H2,2H3. The number of halogens is 1. The van der Waals surface area contributed by atoms with Crippen LogP contribution >= 0.6 is 15.9 Å². The minimum Gasteiger partial charge on any atom is -0.477 e. The van der Waals surface area contributed by atoms with Crippen LogP contribution in [0.25, 0.3) is 0 Å². The molecule has 2 N–H and O–H groups in total. The monoisotopic (exact) mass is 256 g/mol. The van der Waals surface area contributed by atoms with Crippen molar-refractivity contribution in [2.24, 2.45) is 0 Å². The van der Waals surface area contributed by atoms with Gasteiger partial charge in [-0.25, -0.2) is 4.98 Å². The molecule has 0 aliphatic heterocycles. The van der Waals surface area contributed by atoms with Crippen LogP contribution in [0.3, 0.4) is 0 Å². The van der Waals surface area contributed by atoms with Gasteiger partial charge in [0, 0.05) is 6.42 Å². The molecule has 1 rings (SSSR count). The van der Waals surface area contributed by atoms with Crippen molar-refractivity contribution in [3.05, 3.63) is 28.9 Å². The third-order valence-electron chi connectivity index (χ3n) is 1.60. The average molecular weight is 257 g/mol. The second kappa shape index (κ2) is 5.00. The molecule has 0 aliphatic rings. The summed E-state index contributed by atoms with van der Waals surface area (Å²) in [7, 11) is 0. The third-order valence-corrected chi connectivity index (χ3v) is 2.16. The zero-order chi connectivity index (χ0) is 10.6. The number of nitrogens with two attached hydrogens (primary N) is 1. The summed E-state index contributed by atoms with van der Waals surface area (Å²) in [5.74, 6) is 0.570. The number of ether oxygens (including phenoxy) is 1. The number of hydrogen-bond donors (Lipinski definition) is 1. The predicted octanol–water partition coefficient (Wildman–Crippen LogP) is 2.77. The molecule has 0 aromatic carbocycles. The van der Waals surface area contributed by atoms with Crippen LogP contribution in [0.5, 0.6) is 5.88 Å².